The third-order valence-corrected chi connectivity index (χ3v) is 4.49. The molecule has 1 N–H and O–H groups in total. The number of hydrogen-bond acceptors (Lipinski definition) is 3. The van der Waals surface area contributed by atoms with E-state index in [0.29, 0.717) is 6.04 Å². The molecule has 0 aliphatic heterocycles. The first kappa shape index (κ1) is 14.3. The van der Waals surface area contributed by atoms with Gasteiger partial charge in [-0.05, 0) is 44.2 Å². The molecule has 0 saturated carbocycles. The van der Waals surface area contributed by atoms with Gasteiger partial charge in [-0.1, -0.05) is 13.0 Å². The Morgan fingerprint density at radius 1 is 1.47 bits per heavy atom. The van der Waals surface area contributed by atoms with Crippen LogP contribution in [0, 0.1) is 6.92 Å². The molecule has 0 radical (unpaired) electrons. The second-order valence-corrected chi connectivity index (χ2v) is 5.97. The number of rotatable bonds is 7. The molecule has 1 atom stereocenters. The maximum absolute atomic E-state index is 4.37. The van der Waals surface area contributed by atoms with Gasteiger partial charge in [-0.3, -0.25) is 4.68 Å². The van der Waals surface area contributed by atoms with E-state index in [1.165, 1.54) is 16.1 Å². The van der Waals surface area contributed by atoms with Gasteiger partial charge in [-0.15, -0.1) is 11.3 Å². The largest absolute Gasteiger partial charge is 0.310 e. The van der Waals surface area contributed by atoms with E-state index in [1.807, 2.05) is 29.3 Å². The lowest BCUT2D eigenvalue weighted by molar-refractivity contribution is 0.498. The van der Waals surface area contributed by atoms with Gasteiger partial charge in [0, 0.05) is 29.2 Å². The van der Waals surface area contributed by atoms with Gasteiger partial charge in [0.1, 0.15) is 0 Å². The number of thiophene rings is 1. The van der Waals surface area contributed by atoms with E-state index in [2.05, 4.69) is 41.8 Å². The average molecular weight is 277 g/mol. The number of aromatic nitrogens is 2. The molecular weight excluding hydrogens is 254 g/mol. The third kappa shape index (κ3) is 3.67. The van der Waals surface area contributed by atoms with Gasteiger partial charge in [0.25, 0.3) is 0 Å². The fourth-order valence-electron chi connectivity index (χ4n) is 2.29. The Morgan fingerprint density at radius 2 is 2.32 bits per heavy atom. The molecule has 1 unspecified atom stereocenters. The van der Waals surface area contributed by atoms with Crippen LogP contribution in [0.3, 0.4) is 0 Å². The zero-order chi connectivity index (χ0) is 13.7. The number of aryl methyl sites for hydroxylation is 2. The Bertz CT molecular complexity index is 487. The van der Waals surface area contributed by atoms with E-state index in [0.717, 1.165) is 25.8 Å². The molecule has 104 valence electrons. The van der Waals surface area contributed by atoms with Crippen molar-refractivity contribution >= 4 is 11.3 Å². The molecule has 4 heteroatoms. The predicted molar refractivity (Wildman–Crippen MR) is 81.6 cm³/mol. The van der Waals surface area contributed by atoms with E-state index in [4.69, 9.17) is 0 Å². The van der Waals surface area contributed by atoms with E-state index in [1.54, 1.807) is 0 Å². The van der Waals surface area contributed by atoms with Gasteiger partial charge in [-0.2, -0.15) is 5.10 Å². The van der Waals surface area contributed by atoms with Crippen LogP contribution in [0.25, 0.3) is 0 Å². The van der Waals surface area contributed by atoms with Crippen LogP contribution in [0.2, 0.25) is 0 Å². The smallest absolute Gasteiger partial charge is 0.0540 e. The van der Waals surface area contributed by atoms with Crippen LogP contribution in [0.5, 0.6) is 0 Å². The lowest BCUT2D eigenvalue weighted by atomic mass is 10.0. The summed E-state index contributed by atoms with van der Waals surface area (Å²) in [6, 6.07) is 4.76. The van der Waals surface area contributed by atoms with Crippen LogP contribution in [-0.4, -0.2) is 16.3 Å². The number of nitrogens with zero attached hydrogens (tertiary/aromatic N) is 2. The van der Waals surface area contributed by atoms with Crippen molar-refractivity contribution < 1.29 is 0 Å². The minimum Gasteiger partial charge on any atom is -0.310 e. The second kappa shape index (κ2) is 6.87. The van der Waals surface area contributed by atoms with Crippen molar-refractivity contribution in [2.75, 3.05) is 6.54 Å². The Balaban J connectivity index is 2.04. The summed E-state index contributed by atoms with van der Waals surface area (Å²) in [5.74, 6) is 0. The molecule has 0 aliphatic carbocycles. The Kier molecular flexibility index (Phi) is 5.16. The minimum atomic E-state index is 0.413. The molecule has 0 amide bonds. The van der Waals surface area contributed by atoms with Crippen molar-refractivity contribution in [1.29, 1.82) is 0 Å². The summed E-state index contributed by atoms with van der Waals surface area (Å²) in [5.41, 5.74) is 2.60. The third-order valence-electron chi connectivity index (χ3n) is 3.55. The first-order valence-electron chi connectivity index (χ1n) is 6.96. The highest BCUT2D eigenvalue weighted by atomic mass is 32.1. The highest BCUT2D eigenvalue weighted by Gasteiger charge is 2.16. The van der Waals surface area contributed by atoms with Gasteiger partial charge in [0.15, 0.2) is 0 Å². The summed E-state index contributed by atoms with van der Waals surface area (Å²) < 4.78 is 1.96. The van der Waals surface area contributed by atoms with Crippen LogP contribution in [-0.2, 0) is 13.5 Å². The summed E-state index contributed by atoms with van der Waals surface area (Å²) in [6.07, 6.45) is 5.44. The summed E-state index contributed by atoms with van der Waals surface area (Å²) in [5, 5.41) is 10.2. The standard InChI is InChI=1S/C15H23N3S/c1-4-9-16-15(8-7-13-6-5-10-19-13)14-11-17-18(3)12(14)2/h5-6,10-11,15-16H,4,7-9H2,1-3H3. The highest BCUT2D eigenvalue weighted by Crippen LogP contribution is 2.23. The topological polar surface area (TPSA) is 29.9 Å². The van der Waals surface area contributed by atoms with Gasteiger partial charge in [0.2, 0.25) is 0 Å². The molecule has 0 aromatic carbocycles. The second-order valence-electron chi connectivity index (χ2n) is 4.93. The first-order chi connectivity index (χ1) is 9.22. The van der Waals surface area contributed by atoms with Crippen molar-refractivity contribution in [3.8, 4) is 0 Å². The normalized spacial score (nSPS) is 12.8. The van der Waals surface area contributed by atoms with E-state index in [-0.39, 0.29) is 0 Å². The van der Waals surface area contributed by atoms with Crippen molar-refractivity contribution in [3.05, 3.63) is 39.8 Å². The molecule has 0 aliphatic rings. The summed E-state index contributed by atoms with van der Waals surface area (Å²) in [6.45, 7) is 5.41. The van der Waals surface area contributed by atoms with Gasteiger partial charge in [-0.25, -0.2) is 0 Å². The monoisotopic (exact) mass is 277 g/mol. The van der Waals surface area contributed by atoms with Crippen molar-refractivity contribution in [2.45, 2.75) is 39.2 Å². The molecule has 0 fully saturated rings. The molecule has 0 spiro atoms. The molecular formula is C15H23N3S. The Hall–Kier alpha value is -1.13. The molecule has 0 bridgehead atoms. The lowest BCUT2D eigenvalue weighted by Gasteiger charge is -2.18. The van der Waals surface area contributed by atoms with Crippen LogP contribution in [0.1, 0.15) is 41.9 Å². The van der Waals surface area contributed by atoms with Gasteiger partial charge in [0.05, 0.1) is 6.20 Å². The summed E-state index contributed by atoms with van der Waals surface area (Å²) in [4.78, 5) is 1.46. The molecule has 2 heterocycles. The predicted octanol–water partition coefficient (Wildman–Crippen LogP) is 3.46. The fourth-order valence-corrected chi connectivity index (χ4v) is 3.01. The first-order valence-corrected chi connectivity index (χ1v) is 7.84. The van der Waals surface area contributed by atoms with Crippen molar-refractivity contribution in [2.24, 2.45) is 7.05 Å². The van der Waals surface area contributed by atoms with Crippen molar-refractivity contribution in [3.63, 3.8) is 0 Å². The molecule has 2 aromatic rings. The van der Waals surface area contributed by atoms with Gasteiger partial charge < -0.3 is 5.32 Å². The van der Waals surface area contributed by atoms with E-state index < -0.39 is 0 Å². The molecule has 2 aromatic heterocycles. The SMILES string of the molecule is CCCNC(CCc1cccs1)c1cnn(C)c1C. The van der Waals surface area contributed by atoms with Crippen LogP contribution in [0.15, 0.2) is 23.7 Å². The van der Waals surface area contributed by atoms with Crippen LogP contribution >= 0.6 is 11.3 Å². The molecule has 2 rings (SSSR count). The van der Waals surface area contributed by atoms with Crippen molar-refractivity contribution in [1.82, 2.24) is 15.1 Å². The quantitative estimate of drug-likeness (QED) is 0.840. The molecule has 3 nitrogen and oxygen atoms in total. The zero-order valence-electron chi connectivity index (χ0n) is 12.0. The van der Waals surface area contributed by atoms with Crippen LogP contribution in [0.4, 0.5) is 0 Å². The maximum Gasteiger partial charge on any atom is 0.0540 e. The molecule has 19 heavy (non-hydrogen) atoms. The highest BCUT2D eigenvalue weighted by molar-refractivity contribution is 7.09. The zero-order valence-corrected chi connectivity index (χ0v) is 12.8. The maximum atomic E-state index is 4.37. The average Bonchev–Trinajstić information content (AvgIpc) is 3.03. The number of nitrogens with one attached hydrogen (secondary N) is 1. The lowest BCUT2D eigenvalue weighted by Crippen LogP contribution is -2.23. The van der Waals surface area contributed by atoms with E-state index in [9.17, 15) is 0 Å². The fraction of sp³-hybridized carbons (Fsp3) is 0.533. The Labute approximate surface area is 119 Å². The Morgan fingerprint density at radius 3 is 2.89 bits per heavy atom. The minimum absolute atomic E-state index is 0.413. The summed E-state index contributed by atoms with van der Waals surface area (Å²) in [7, 11) is 2.01. The van der Waals surface area contributed by atoms with E-state index >= 15 is 0 Å². The molecule has 0 saturated heterocycles. The summed E-state index contributed by atoms with van der Waals surface area (Å²) >= 11 is 1.84. The number of hydrogen-bond donors (Lipinski definition) is 1. The van der Waals surface area contributed by atoms with Crippen LogP contribution < -0.4 is 5.32 Å². The van der Waals surface area contributed by atoms with Gasteiger partial charge >= 0.3 is 0 Å².